The van der Waals surface area contributed by atoms with Crippen LogP contribution in [0.2, 0.25) is 0 Å². The summed E-state index contributed by atoms with van der Waals surface area (Å²) in [5.74, 6) is 2.92. The molecule has 1 heterocycles. The molecule has 1 aromatic rings. The molecule has 2 rings (SSSR count). The van der Waals surface area contributed by atoms with Gasteiger partial charge in [0.2, 0.25) is 11.8 Å². The van der Waals surface area contributed by atoms with E-state index in [1.54, 1.807) is 12.3 Å². The molecule has 88 valence electrons. The minimum absolute atomic E-state index is 0.634. The zero-order valence-corrected chi connectivity index (χ0v) is 9.94. The second-order valence-corrected chi connectivity index (χ2v) is 4.35. The van der Waals surface area contributed by atoms with E-state index in [4.69, 9.17) is 4.74 Å². The molecule has 1 aliphatic carbocycles. The van der Waals surface area contributed by atoms with Crippen LogP contribution in [0.25, 0.3) is 0 Å². The van der Waals surface area contributed by atoms with Gasteiger partial charge in [0, 0.05) is 18.8 Å². The van der Waals surface area contributed by atoms with Crippen molar-refractivity contribution in [2.45, 2.75) is 26.7 Å². The lowest BCUT2D eigenvalue weighted by Crippen LogP contribution is -2.14. The highest BCUT2D eigenvalue weighted by Gasteiger charge is 2.27. The second-order valence-electron chi connectivity index (χ2n) is 4.35. The van der Waals surface area contributed by atoms with E-state index in [-0.39, 0.29) is 0 Å². The van der Waals surface area contributed by atoms with Crippen molar-refractivity contribution in [3.05, 3.63) is 12.3 Å². The third kappa shape index (κ3) is 3.08. The monoisotopic (exact) mass is 221 g/mol. The summed E-state index contributed by atoms with van der Waals surface area (Å²) in [7, 11) is 0. The van der Waals surface area contributed by atoms with Crippen molar-refractivity contribution in [3.8, 4) is 5.88 Å². The highest BCUT2D eigenvalue weighted by Crippen LogP contribution is 2.36. The van der Waals surface area contributed by atoms with Gasteiger partial charge in [0.25, 0.3) is 0 Å². The van der Waals surface area contributed by atoms with Gasteiger partial charge in [-0.1, -0.05) is 6.92 Å². The van der Waals surface area contributed by atoms with Crippen molar-refractivity contribution in [3.63, 3.8) is 0 Å². The predicted octanol–water partition coefficient (Wildman–Crippen LogP) is 2.33. The van der Waals surface area contributed by atoms with E-state index in [9.17, 15) is 0 Å². The normalized spacial score (nSPS) is 16.9. The predicted molar refractivity (Wildman–Crippen MR) is 63.6 cm³/mol. The van der Waals surface area contributed by atoms with E-state index in [1.165, 1.54) is 12.8 Å². The molecule has 1 atom stereocenters. The first-order chi connectivity index (χ1) is 7.79. The van der Waals surface area contributed by atoms with Crippen molar-refractivity contribution >= 4 is 5.95 Å². The molecule has 1 aromatic heterocycles. The summed E-state index contributed by atoms with van der Waals surface area (Å²) in [6.45, 7) is 5.80. The van der Waals surface area contributed by atoms with Gasteiger partial charge in [-0.3, -0.25) is 0 Å². The van der Waals surface area contributed by atoms with E-state index in [0.29, 0.717) is 24.4 Å². The first-order valence-corrected chi connectivity index (χ1v) is 5.99. The number of hydrogen-bond acceptors (Lipinski definition) is 4. The fraction of sp³-hybridized carbons (Fsp3) is 0.667. The maximum Gasteiger partial charge on any atom is 0.225 e. The Kier molecular flexibility index (Phi) is 3.59. The summed E-state index contributed by atoms with van der Waals surface area (Å²) in [5.41, 5.74) is 0. The number of hydrogen-bond donors (Lipinski definition) is 1. The van der Waals surface area contributed by atoms with Crippen LogP contribution in [0.3, 0.4) is 0 Å². The number of ether oxygens (including phenoxy) is 1. The molecule has 1 fully saturated rings. The van der Waals surface area contributed by atoms with E-state index < -0.39 is 0 Å². The molecule has 0 saturated heterocycles. The van der Waals surface area contributed by atoms with Crippen molar-refractivity contribution in [2.75, 3.05) is 18.5 Å². The van der Waals surface area contributed by atoms with Crippen molar-refractivity contribution in [1.82, 2.24) is 9.97 Å². The zero-order valence-electron chi connectivity index (χ0n) is 9.94. The van der Waals surface area contributed by atoms with E-state index in [2.05, 4.69) is 22.2 Å². The summed E-state index contributed by atoms with van der Waals surface area (Å²) < 4.78 is 5.32. The van der Waals surface area contributed by atoms with Gasteiger partial charge in [-0.15, -0.1) is 0 Å². The number of aromatic nitrogens is 2. The number of nitrogens with zero attached hydrogens (tertiary/aromatic N) is 2. The lowest BCUT2D eigenvalue weighted by atomic mass is 10.1. The lowest BCUT2D eigenvalue weighted by Gasteiger charge is -2.11. The Hall–Kier alpha value is -1.32. The maximum atomic E-state index is 5.32. The van der Waals surface area contributed by atoms with Crippen molar-refractivity contribution in [1.29, 1.82) is 0 Å². The summed E-state index contributed by atoms with van der Waals surface area (Å²) in [4.78, 5) is 8.44. The topological polar surface area (TPSA) is 47.0 Å². The number of rotatable bonds is 6. The molecule has 0 radical (unpaired) electrons. The Bertz CT molecular complexity index is 339. The molecular formula is C12H19N3O. The quantitative estimate of drug-likeness (QED) is 0.801. The lowest BCUT2D eigenvalue weighted by molar-refractivity contribution is 0.326. The molecule has 4 heteroatoms. The summed E-state index contributed by atoms with van der Waals surface area (Å²) in [6.07, 6.45) is 4.48. The highest BCUT2D eigenvalue weighted by atomic mass is 16.5. The van der Waals surface area contributed by atoms with Crippen LogP contribution < -0.4 is 10.1 Å². The summed E-state index contributed by atoms with van der Waals surface area (Å²) >= 11 is 0. The van der Waals surface area contributed by atoms with Crippen LogP contribution in [-0.4, -0.2) is 23.1 Å². The van der Waals surface area contributed by atoms with Gasteiger partial charge in [-0.2, -0.15) is 4.98 Å². The van der Waals surface area contributed by atoms with Gasteiger partial charge < -0.3 is 10.1 Å². The SMILES string of the molecule is CCOc1ccnc(NCC(C)C2CC2)n1. The Labute approximate surface area is 96.4 Å². The largest absolute Gasteiger partial charge is 0.478 e. The Morgan fingerprint density at radius 3 is 3.06 bits per heavy atom. The molecule has 0 aromatic carbocycles. The fourth-order valence-electron chi connectivity index (χ4n) is 1.74. The smallest absolute Gasteiger partial charge is 0.225 e. The molecular weight excluding hydrogens is 202 g/mol. The Balaban J connectivity index is 1.85. The van der Waals surface area contributed by atoms with Gasteiger partial charge in [0.15, 0.2) is 0 Å². The molecule has 1 unspecified atom stereocenters. The van der Waals surface area contributed by atoms with Gasteiger partial charge in [-0.25, -0.2) is 4.98 Å². The second kappa shape index (κ2) is 5.14. The molecule has 0 amide bonds. The fourth-order valence-corrected chi connectivity index (χ4v) is 1.74. The third-order valence-electron chi connectivity index (χ3n) is 2.93. The maximum absolute atomic E-state index is 5.32. The highest BCUT2D eigenvalue weighted by molar-refractivity contribution is 5.27. The van der Waals surface area contributed by atoms with Crippen LogP contribution in [0.4, 0.5) is 5.95 Å². The number of nitrogens with one attached hydrogen (secondary N) is 1. The molecule has 16 heavy (non-hydrogen) atoms. The van der Waals surface area contributed by atoms with Crippen molar-refractivity contribution in [2.24, 2.45) is 11.8 Å². The van der Waals surface area contributed by atoms with E-state index in [0.717, 1.165) is 12.5 Å². The molecule has 1 saturated carbocycles. The first kappa shape index (κ1) is 11.2. The average molecular weight is 221 g/mol. The van der Waals surface area contributed by atoms with Gasteiger partial charge in [0.1, 0.15) is 0 Å². The molecule has 1 aliphatic rings. The Morgan fingerprint density at radius 2 is 2.38 bits per heavy atom. The average Bonchev–Trinajstić information content (AvgIpc) is 3.11. The first-order valence-electron chi connectivity index (χ1n) is 5.99. The minimum atomic E-state index is 0.634. The molecule has 0 bridgehead atoms. The van der Waals surface area contributed by atoms with Gasteiger partial charge in [-0.05, 0) is 31.6 Å². The van der Waals surface area contributed by atoms with Crippen molar-refractivity contribution < 1.29 is 4.74 Å². The van der Waals surface area contributed by atoms with Gasteiger partial charge >= 0.3 is 0 Å². The van der Waals surface area contributed by atoms with Crippen LogP contribution in [0.15, 0.2) is 12.3 Å². The van der Waals surface area contributed by atoms with Crippen LogP contribution in [0.5, 0.6) is 5.88 Å². The summed E-state index contributed by atoms with van der Waals surface area (Å²) in [5, 5.41) is 3.26. The minimum Gasteiger partial charge on any atom is -0.478 e. The third-order valence-corrected chi connectivity index (χ3v) is 2.93. The standard InChI is InChI=1S/C12H19N3O/c1-3-16-11-6-7-13-12(15-11)14-8-9(2)10-4-5-10/h6-7,9-10H,3-5,8H2,1-2H3,(H,13,14,15). The van der Waals surface area contributed by atoms with Crippen LogP contribution in [0, 0.1) is 11.8 Å². The van der Waals surface area contributed by atoms with Crippen LogP contribution >= 0.6 is 0 Å². The summed E-state index contributed by atoms with van der Waals surface area (Å²) in [6, 6.07) is 1.78. The molecule has 4 nitrogen and oxygen atoms in total. The van der Waals surface area contributed by atoms with Crippen LogP contribution in [0.1, 0.15) is 26.7 Å². The van der Waals surface area contributed by atoms with Crippen LogP contribution in [-0.2, 0) is 0 Å². The molecule has 0 aliphatic heterocycles. The molecule has 1 N–H and O–H groups in total. The Morgan fingerprint density at radius 1 is 1.56 bits per heavy atom. The zero-order chi connectivity index (χ0) is 11.4. The van der Waals surface area contributed by atoms with E-state index >= 15 is 0 Å². The molecule has 0 spiro atoms. The van der Waals surface area contributed by atoms with Gasteiger partial charge in [0.05, 0.1) is 6.61 Å². The number of anilines is 1. The van der Waals surface area contributed by atoms with E-state index in [1.807, 2.05) is 6.92 Å².